The Morgan fingerprint density at radius 2 is 2.22 bits per heavy atom. The zero-order valence-electron chi connectivity index (χ0n) is 11.3. The Morgan fingerprint density at radius 3 is 2.83 bits per heavy atom. The maximum absolute atomic E-state index is 6.36. The van der Waals surface area contributed by atoms with Gasteiger partial charge >= 0.3 is 0 Å². The SMILES string of the molecule is CCn1nc(C)c(Cl)c1CN1CCC(Br)C(C)C1. The summed E-state index contributed by atoms with van der Waals surface area (Å²) in [4.78, 5) is 3.14. The van der Waals surface area contributed by atoms with Gasteiger partial charge < -0.3 is 0 Å². The molecule has 0 N–H and O–H groups in total. The third-order valence-electron chi connectivity index (χ3n) is 3.71. The molecule has 18 heavy (non-hydrogen) atoms. The molecule has 5 heteroatoms. The van der Waals surface area contributed by atoms with Gasteiger partial charge in [0.05, 0.1) is 16.4 Å². The van der Waals surface area contributed by atoms with Crippen LogP contribution in [0.4, 0.5) is 0 Å². The van der Waals surface area contributed by atoms with Crippen LogP contribution < -0.4 is 0 Å². The monoisotopic (exact) mass is 333 g/mol. The molecule has 0 radical (unpaired) electrons. The Balaban J connectivity index is 2.10. The lowest BCUT2D eigenvalue weighted by Crippen LogP contribution is -2.39. The fourth-order valence-electron chi connectivity index (χ4n) is 2.58. The van der Waals surface area contributed by atoms with Crippen LogP contribution in [-0.2, 0) is 13.1 Å². The summed E-state index contributed by atoms with van der Waals surface area (Å²) in [6.07, 6.45) is 1.21. The molecule has 0 spiro atoms. The molecule has 0 aromatic carbocycles. The summed E-state index contributed by atoms with van der Waals surface area (Å²) < 4.78 is 2.03. The molecule has 0 amide bonds. The van der Waals surface area contributed by atoms with Gasteiger partial charge in [-0.05, 0) is 32.7 Å². The second-order valence-corrected chi connectivity index (χ2v) is 6.73. The van der Waals surface area contributed by atoms with Crippen LogP contribution in [0.5, 0.6) is 0 Å². The van der Waals surface area contributed by atoms with Gasteiger partial charge in [-0.2, -0.15) is 5.10 Å². The van der Waals surface area contributed by atoms with Crippen LogP contribution in [0, 0.1) is 12.8 Å². The quantitative estimate of drug-likeness (QED) is 0.789. The zero-order valence-corrected chi connectivity index (χ0v) is 13.6. The molecular formula is C13H21BrClN3. The summed E-state index contributed by atoms with van der Waals surface area (Å²) >= 11 is 10.1. The molecule has 1 aliphatic rings. The molecule has 1 aromatic heterocycles. The number of aryl methyl sites for hydroxylation is 2. The molecule has 102 valence electrons. The number of hydrogen-bond acceptors (Lipinski definition) is 2. The molecule has 2 unspecified atom stereocenters. The van der Waals surface area contributed by atoms with Gasteiger partial charge in [-0.15, -0.1) is 0 Å². The topological polar surface area (TPSA) is 21.1 Å². The predicted molar refractivity (Wildman–Crippen MR) is 79.4 cm³/mol. The van der Waals surface area contributed by atoms with Crippen LogP contribution >= 0.6 is 27.5 Å². The molecule has 0 saturated carbocycles. The first-order valence-electron chi connectivity index (χ1n) is 6.61. The van der Waals surface area contributed by atoms with Crippen LogP contribution in [0.1, 0.15) is 31.7 Å². The zero-order chi connectivity index (χ0) is 13.3. The first-order valence-corrected chi connectivity index (χ1v) is 7.90. The molecule has 1 fully saturated rings. The summed E-state index contributed by atoms with van der Waals surface area (Å²) in [7, 11) is 0. The lowest BCUT2D eigenvalue weighted by Gasteiger charge is -2.34. The van der Waals surface area contributed by atoms with Gasteiger partial charge in [-0.25, -0.2) is 0 Å². The number of hydrogen-bond donors (Lipinski definition) is 0. The second kappa shape index (κ2) is 5.93. The van der Waals surface area contributed by atoms with Gasteiger partial charge in [0.25, 0.3) is 0 Å². The van der Waals surface area contributed by atoms with Crippen molar-refractivity contribution in [1.82, 2.24) is 14.7 Å². The Hall–Kier alpha value is -0.0600. The van der Waals surface area contributed by atoms with E-state index in [1.165, 1.54) is 6.42 Å². The van der Waals surface area contributed by atoms with Crippen LogP contribution in [0.15, 0.2) is 0 Å². The van der Waals surface area contributed by atoms with Crippen molar-refractivity contribution in [2.75, 3.05) is 13.1 Å². The fraction of sp³-hybridized carbons (Fsp3) is 0.769. The van der Waals surface area contributed by atoms with E-state index in [0.717, 1.165) is 42.6 Å². The number of piperidine rings is 1. The highest BCUT2D eigenvalue weighted by molar-refractivity contribution is 9.09. The van der Waals surface area contributed by atoms with E-state index in [0.29, 0.717) is 10.7 Å². The molecule has 3 nitrogen and oxygen atoms in total. The van der Waals surface area contributed by atoms with Crippen LogP contribution in [-0.4, -0.2) is 32.6 Å². The average molecular weight is 335 g/mol. The van der Waals surface area contributed by atoms with E-state index in [-0.39, 0.29) is 0 Å². The van der Waals surface area contributed by atoms with Crippen LogP contribution in [0.3, 0.4) is 0 Å². The van der Waals surface area contributed by atoms with Crippen molar-refractivity contribution in [3.05, 3.63) is 16.4 Å². The van der Waals surface area contributed by atoms with E-state index >= 15 is 0 Å². The molecule has 0 bridgehead atoms. The average Bonchev–Trinajstić information content (AvgIpc) is 2.61. The molecule has 1 saturated heterocycles. The number of halogens is 2. The minimum atomic E-state index is 0.655. The smallest absolute Gasteiger partial charge is 0.0860 e. The van der Waals surface area contributed by atoms with Crippen LogP contribution in [0.25, 0.3) is 0 Å². The largest absolute Gasteiger partial charge is 0.297 e. The highest BCUT2D eigenvalue weighted by Gasteiger charge is 2.25. The van der Waals surface area contributed by atoms with Crippen molar-refractivity contribution in [3.8, 4) is 0 Å². The van der Waals surface area contributed by atoms with Gasteiger partial charge in [0, 0.05) is 24.5 Å². The lowest BCUT2D eigenvalue weighted by atomic mass is 10.00. The Morgan fingerprint density at radius 1 is 1.50 bits per heavy atom. The number of aromatic nitrogens is 2. The van der Waals surface area contributed by atoms with E-state index in [2.05, 4.69) is 39.8 Å². The van der Waals surface area contributed by atoms with Crippen molar-refractivity contribution in [2.24, 2.45) is 5.92 Å². The lowest BCUT2D eigenvalue weighted by molar-refractivity contribution is 0.179. The Labute approximate surface area is 123 Å². The number of alkyl halides is 1. The first-order chi connectivity index (χ1) is 8.52. The van der Waals surface area contributed by atoms with Crippen molar-refractivity contribution in [1.29, 1.82) is 0 Å². The minimum Gasteiger partial charge on any atom is -0.297 e. The van der Waals surface area contributed by atoms with E-state index < -0.39 is 0 Å². The Kier molecular flexibility index (Phi) is 4.73. The van der Waals surface area contributed by atoms with Crippen molar-refractivity contribution in [2.45, 2.75) is 45.1 Å². The van der Waals surface area contributed by atoms with Crippen molar-refractivity contribution < 1.29 is 0 Å². The van der Waals surface area contributed by atoms with Gasteiger partial charge in [-0.1, -0.05) is 34.5 Å². The summed E-state index contributed by atoms with van der Waals surface area (Å²) in [5.41, 5.74) is 2.11. The van der Waals surface area contributed by atoms with Gasteiger partial charge in [-0.3, -0.25) is 9.58 Å². The van der Waals surface area contributed by atoms with Crippen molar-refractivity contribution in [3.63, 3.8) is 0 Å². The van der Waals surface area contributed by atoms with E-state index in [1.807, 2.05) is 11.6 Å². The summed E-state index contributed by atoms with van der Waals surface area (Å²) in [6, 6.07) is 0. The normalized spacial score (nSPS) is 25.6. The van der Waals surface area contributed by atoms with E-state index in [1.54, 1.807) is 0 Å². The van der Waals surface area contributed by atoms with E-state index in [9.17, 15) is 0 Å². The Bertz CT molecular complexity index is 419. The summed E-state index contributed by atoms with van der Waals surface area (Å²) in [5.74, 6) is 0.691. The third-order valence-corrected chi connectivity index (χ3v) is 5.56. The minimum absolute atomic E-state index is 0.655. The molecular weight excluding hydrogens is 314 g/mol. The predicted octanol–water partition coefficient (Wildman–Crippen LogP) is 3.47. The highest BCUT2D eigenvalue weighted by Crippen LogP contribution is 2.27. The molecule has 0 aliphatic carbocycles. The number of rotatable bonds is 3. The molecule has 1 aromatic rings. The van der Waals surface area contributed by atoms with Crippen molar-refractivity contribution >= 4 is 27.5 Å². The number of likely N-dealkylation sites (tertiary alicyclic amines) is 1. The molecule has 2 heterocycles. The molecule has 2 atom stereocenters. The van der Waals surface area contributed by atoms with Gasteiger partial charge in [0.2, 0.25) is 0 Å². The molecule has 2 rings (SSSR count). The standard InChI is InChI=1S/C13H21BrClN3/c1-4-18-12(13(15)10(3)16-18)8-17-6-5-11(14)9(2)7-17/h9,11H,4-8H2,1-3H3. The van der Waals surface area contributed by atoms with E-state index in [4.69, 9.17) is 11.6 Å². The maximum atomic E-state index is 6.36. The first kappa shape index (κ1) is 14.4. The fourth-order valence-corrected chi connectivity index (χ4v) is 3.15. The van der Waals surface area contributed by atoms with Gasteiger partial charge in [0.1, 0.15) is 0 Å². The second-order valence-electron chi connectivity index (χ2n) is 5.18. The maximum Gasteiger partial charge on any atom is 0.0860 e. The van der Waals surface area contributed by atoms with Gasteiger partial charge in [0.15, 0.2) is 0 Å². The summed E-state index contributed by atoms with van der Waals surface area (Å²) in [5, 5.41) is 5.32. The molecule has 1 aliphatic heterocycles. The van der Waals surface area contributed by atoms with Crippen LogP contribution in [0.2, 0.25) is 5.02 Å². The number of nitrogens with zero attached hydrogens (tertiary/aromatic N) is 3. The summed E-state index contributed by atoms with van der Waals surface area (Å²) in [6.45, 7) is 10.4. The highest BCUT2D eigenvalue weighted by atomic mass is 79.9. The third kappa shape index (κ3) is 2.91.